The van der Waals surface area contributed by atoms with Crippen LogP contribution in [0, 0.1) is 0 Å². The summed E-state index contributed by atoms with van der Waals surface area (Å²) in [6, 6.07) is 5.59. The molecule has 20 heavy (non-hydrogen) atoms. The van der Waals surface area contributed by atoms with E-state index < -0.39 is 30.8 Å². The molecule has 0 aromatic heterocycles. The molecule has 1 unspecified atom stereocenters. The maximum absolute atomic E-state index is 13.0. The summed E-state index contributed by atoms with van der Waals surface area (Å²) in [7, 11) is 0. The van der Waals surface area contributed by atoms with Gasteiger partial charge in [0.1, 0.15) is 0 Å². The lowest BCUT2D eigenvalue weighted by molar-refractivity contribution is -0.118. The number of benzene rings is 1. The van der Waals surface area contributed by atoms with Crippen LogP contribution in [0.3, 0.4) is 0 Å². The topological polar surface area (TPSA) is 70.2 Å². The monoisotopic (exact) mass is 283 g/mol. The van der Waals surface area contributed by atoms with Crippen molar-refractivity contribution in [1.29, 1.82) is 0 Å². The van der Waals surface area contributed by atoms with E-state index >= 15 is 0 Å². The number of nitrogens with one attached hydrogen (secondary N) is 3. The average Bonchev–Trinajstić information content (AvgIpc) is 2.69. The normalized spacial score (nSPS) is 20.4. The Labute approximate surface area is 114 Å². The van der Waals surface area contributed by atoms with Crippen molar-refractivity contribution in [2.45, 2.75) is 25.3 Å². The molecular formula is C13H15F2N3O2. The summed E-state index contributed by atoms with van der Waals surface area (Å²) in [5.41, 5.74) is 0.971. The third kappa shape index (κ3) is 3.74. The van der Waals surface area contributed by atoms with E-state index in [0.717, 1.165) is 0 Å². The zero-order chi connectivity index (χ0) is 14.8. The zero-order valence-electron chi connectivity index (χ0n) is 10.9. The highest BCUT2D eigenvalue weighted by Crippen LogP contribution is 2.26. The smallest absolute Gasteiger partial charge is 0.262 e. The van der Waals surface area contributed by atoms with Crippen LogP contribution in [0.5, 0.6) is 0 Å². The average molecular weight is 283 g/mol. The summed E-state index contributed by atoms with van der Waals surface area (Å²) < 4.78 is 26.0. The molecule has 1 fully saturated rings. The van der Waals surface area contributed by atoms with E-state index in [-0.39, 0.29) is 5.91 Å². The Morgan fingerprint density at radius 1 is 1.30 bits per heavy atom. The molecule has 1 aliphatic heterocycles. The Morgan fingerprint density at radius 2 is 1.95 bits per heavy atom. The first-order valence-corrected chi connectivity index (χ1v) is 6.15. The molecule has 1 atom stereocenters. The lowest BCUT2D eigenvalue weighted by atomic mass is 10.1. The first kappa shape index (κ1) is 14.4. The van der Waals surface area contributed by atoms with Crippen LogP contribution in [0.25, 0.3) is 0 Å². The fraction of sp³-hybridized carbons (Fsp3) is 0.385. The van der Waals surface area contributed by atoms with Gasteiger partial charge in [0.2, 0.25) is 11.8 Å². The van der Waals surface area contributed by atoms with Crippen molar-refractivity contribution in [3.8, 4) is 0 Å². The second-order valence-corrected chi connectivity index (χ2v) is 4.74. The van der Waals surface area contributed by atoms with Gasteiger partial charge in [-0.2, -0.15) is 0 Å². The van der Waals surface area contributed by atoms with Gasteiger partial charge in [0.15, 0.2) is 0 Å². The number of rotatable bonds is 3. The van der Waals surface area contributed by atoms with E-state index in [1.807, 2.05) is 0 Å². The zero-order valence-corrected chi connectivity index (χ0v) is 10.9. The highest BCUT2D eigenvalue weighted by Gasteiger charge is 2.42. The highest BCUT2D eigenvalue weighted by molar-refractivity contribution is 5.96. The van der Waals surface area contributed by atoms with Gasteiger partial charge in [0.05, 0.1) is 12.6 Å². The van der Waals surface area contributed by atoms with Gasteiger partial charge in [-0.1, -0.05) is 6.07 Å². The van der Waals surface area contributed by atoms with Crippen LogP contribution in [0.2, 0.25) is 0 Å². The van der Waals surface area contributed by atoms with E-state index in [1.54, 1.807) is 24.3 Å². The summed E-state index contributed by atoms with van der Waals surface area (Å²) in [5, 5.41) is 7.61. The number of carbonyl (C=O) groups is 2. The fourth-order valence-electron chi connectivity index (χ4n) is 2.01. The van der Waals surface area contributed by atoms with Crippen molar-refractivity contribution in [2.75, 3.05) is 17.2 Å². The largest absolute Gasteiger partial charge is 0.326 e. The van der Waals surface area contributed by atoms with Gasteiger partial charge in [0.25, 0.3) is 5.92 Å². The molecule has 0 saturated carbocycles. The molecule has 0 radical (unpaired) electrons. The van der Waals surface area contributed by atoms with Crippen molar-refractivity contribution < 1.29 is 18.4 Å². The van der Waals surface area contributed by atoms with Crippen LogP contribution in [-0.2, 0) is 9.59 Å². The molecule has 2 rings (SSSR count). The third-order valence-corrected chi connectivity index (χ3v) is 2.88. The Balaban J connectivity index is 1.99. The van der Waals surface area contributed by atoms with E-state index in [9.17, 15) is 18.4 Å². The number of carbonyl (C=O) groups excluding carboxylic acids is 2. The van der Waals surface area contributed by atoms with Gasteiger partial charge in [-0.3, -0.25) is 14.9 Å². The van der Waals surface area contributed by atoms with Crippen molar-refractivity contribution in [3.05, 3.63) is 24.3 Å². The van der Waals surface area contributed by atoms with E-state index in [4.69, 9.17) is 0 Å². The SMILES string of the molecule is CC(=O)Nc1cccc(NC(=O)C2CC(F)(F)CN2)c1. The molecule has 1 aliphatic rings. The Bertz CT molecular complexity index is 534. The van der Waals surface area contributed by atoms with E-state index in [0.29, 0.717) is 11.4 Å². The standard InChI is InChI=1S/C13H15F2N3O2/c1-8(19)17-9-3-2-4-10(5-9)18-12(20)11-6-13(14,15)7-16-11/h2-5,11,16H,6-7H2,1H3,(H,17,19)(H,18,20). The first-order valence-electron chi connectivity index (χ1n) is 6.15. The molecule has 0 spiro atoms. The van der Waals surface area contributed by atoms with Crippen molar-refractivity contribution in [1.82, 2.24) is 5.32 Å². The Kier molecular flexibility index (Phi) is 3.99. The van der Waals surface area contributed by atoms with Crippen LogP contribution in [0.4, 0.5) is 20.2 Å². The maximum Gasteiger partial charge on any atom is 0.262 e. The minimum Gasteiger partial charge on any atom is -0.326 e. The van der Waals surface area contributed by atoms with Crippen LogP contribution in [0.15, 0.2) is 24.3 Å². The van der Waals surface area contributed by atoms with Crippen LogP contribution >= 0.6 is 0 Å². The van der Waals surface area contributed by atoms with Crippen LogP contribution in [-0.4, -0.2) is 30.3 Å². The summed E-state index contributed by atoms with van der Waals surface area (Å²) >= 11 is 0. The predicted molar refractivity (Wildman–Crippen MR) is 70.7 cm³/mol. The molecular weight excluding hydrogens is 268 g/mol. The molecule has 2 amide bonds. The Hall–Kier alpha value is -2.02. The van der Waals surface area contributed by atoms with Gasteiger partial charge in [-0.15, -0.1) is 0 Å². The molecule has 5 nitrogen and oxygen atoms in total. The van der Waals surface area contributed by atoms with E-state index in [2.05, 4.69) is 16.0 Å². The lowest BCUT2D eigenvalue weighted by Gasteiger charge is -2.12. The molecule has 108 valence electrons. The van der Waals surface area contributed by atoms with Gasteiger partial charge in [-0.05, 0) is 18.2 Å². The van der Waals surface area contributed by atoms with Gasteiger partial charge in [0, 0.05) is 24.7 Å². The number of anilines is 2. The molecule has 1 heterocycles. The number of amides is 2. The summed E-state index contributed by atoms with van der Waals surface area (Å²) in [6.45, 7) is 0.882. The summed E-state index contributed by atoms with van der Waals surface area (Å²) in [4.78, 5) is 22.8. The predicted octanol–water partition coefficient (Wildman–Crippen LogP) is 1.58. The second kappa shape index (κ2) is 5.54. The van der Waals surface area contributed by atoms with Crippen molar-refractivity contribution >= 4 is 23.2 Å². The number of hydrogen-bond donors (Lipinski definition) is 3. The third-order valence-electron chi connectivity index (χ3n) is 2.88. The van der Waals surface area contributed by atoms with Crippen molar-refractivity contribution in [2.24, 2.45) is 0 Å². The lowest BCUT2D eigenvalue weighted by Crippen LogP contribution is -2.35. The fourth-order valence-corrected chi connectivity index (χ4v) is 2.01. The summed E-state index contributed by atoms with van der Waals surface area (Å²) in [6.07, 6.45) is -0.510. The first-order chi connectivity index (χ1) is 9.35. The number of halogens is 2. The number of hydrogen-bond acceptors (Lipinski definition) is 3. The van der Waals surface area contributed by atoms with Crippen molar-refractivity contribution in [3.63, 3.8) is 0 Å². The molecule has 7 heteroatoms. The van der Waals surface area contributed by atoms with E-state index in [1.165, 1.54) is 6.92 Å². The van der Waals surface area contributed by atoms with Crippen LogP contribution < -0.4 is 16.0 Å². The van der Waals surface area contributed by atoms with Crippen LogP contribution in [0.1, 0.15) is 13.3 Å². The molecule has 0 aliphatic carbocycles. The minimum absolute atomic E-state index is 0.231. The maximum atomic E-state index is 13.0. The molecule has 1 saturated heterocycles. The Morgan fingerprint density at radius 3 is 2.50 bits per heavy atom. The van der Waals surface area contributed by atoms with Gasteiger partial charge < -0.3 is 10.6 Å². The summed E-state index contributed by atoms with van der Waals surface area (Å²) in [5.74, 6) is -3.59. The second-order valence-electron chi connectivity index (χ2n) is 4.74. The quantitative estimate of drug-likeness (QED) is 0.789. The minimum atomic E-state index is -2.85. The highest BCUT2D eigenvalue weighted by atomic mass is 19.3. The van der Waals surface area contributed by atoms with Gasteiger partial charge in [-0.25, -0.2) is 8.78 Å². The molecule has 3 N–H and O–H groups in total. The molecule has 0 bridgehead atoms. The van der Waals surface area contributed by atoms with Gasteiger partial charge >= 0.3 is 0 Å². The molecule has 1 aromatic carbocycles. The number of alkyl halides is 2. The molecule has 1 aromatic rings.